The van der Waals surface area contributed by atoms with Crippen molar-refractivity contribution in [2.45, 2.75) is 52.5 Å². The number of rotatable bonds is 7. The first kappa shape index (κ1) is 14.7. The van der Waals surface area contributed by atoms with E-state index in [1.807, 2.05) is 7.05 Å². The second kappa shape index (κ2) is 7.19. The molecule has 0 aliphatic carbocycles. The maximum atomic E-state index is 4.50. The maximum absolute atomic E-state index is 4.50. The molecule has 4 nitrogen and oxygen atoms in total. The van der Waals surface area contributed by atoms with E-state index in [2.05, 4.69) is 48.0 Å². The lowest BCUT2D eigenvalue weighted by molar-refractivity contribution is 0.584. The Morgan fingerprint density at radius 1 is 1.22 bits per heavy atom. The van der Waals surface area contributed by atoms with E-state index < -0.39 is 0 Å². The van der Waals surface area contributed by atoms with Crippen molar-refractivity contribution in [3.8, 4) is 0 Å². The molecule has 0 aromatic carbocycles. The quantitative estimate of drug-likeness (QED) is 0.807. The molecule has 0 aliphatic rings. The molecule has 4 heteroatoms. The average molecular weight is 250 g/mol. The zero-order valence-corrected chi connectivity index (χ0v) is 12.3. The molecule has 0 aliphatic heterocycles. The second-order valence-electron chi connectivity index (χ2n) is 4.61. The summed E-state index contributed by atoms with van der Waals surface area (Å²) in [5.74, 6) is 2.03. The number of aromatic nitrogens is 2. The first-order valence-corrected chi connectivity index (χ1v) is 6.93. The van der Waals surface area contributed by atoms with Crippen LogP contribution in [0.25, 0.3) is 0 Å². The standard InChI is InChI=1S/C14H26N4/c1-6-9-12-13(15-4)16-10-17-14(12)18(5)11(7-2)8-3/h10-11H,6-9H2,1-5H3,(H,15,16,17). The van der Waals surface area contributed by atoms with Gasteiger partial charge in [-0.3, -0.25) is 0 Å². The normalized spacial score (nSPS) is 10.8. The van der Waals surface area contributed by atoms with Crippen LogP contribution in [0.15, 0.2) is 6.33 Å². The zero-order valence-electron chi connectivity index (χ0n) is 12.3. The lowest BCUT2D eigenvalue weighted by Gasteiger charge is -2.29. The molecule has 102 valence electrons. The van der Waals surface area contributed by atoms with E-state index in [1.165, 1.54) is 5.56 Å². The van der Waals surface area contributed by atoms with Crippen LogP contribution in [0.4, 0.5) is 11.6 Å². The van der Waals surface area contributed by atoms with Gasteiger partial charge < -0.3 is 10.2 Å². The third-order valence-electron chi connectivity index (χ3n) is 3.48. The third kappa shape index (κ3) is 3.12. The van der Waals surface area contributed by atoms with Gasteiger partial charge in [0.25, 0.3) is 0 Å². The van der Waals surface area contributed by atoms with Crippen LogP contribution in [0, 0.1) is 0 Å². The number of anilines is 2. The number of nitrogens with zero attached hydrogens (tertiary/aromatic N) is 3. The summed E-state index contributed by atoms with van der Waals surface area (Å²) in [6, 6.07) is 0.542. The Morgan fingerprint density at radius 3 is 2.39 bits per heavy atom. The monoisotopic (exact) mass is 250 g/mol. The summed E-state index contributed by atoms with van der Waals surface area (Å²) in [5.41, 5.74) is 1.23. The minimum absolute atomic E-state index is 0.542. The van der Waals surface area contributed by atoms with Crippen molar-refractivity contribution in [3.63, 3.8) is 0 Å². The number of hydrogen-bond acceptors (Lipinski definition) is 4. The highest BCUT2D eigenvalue weighted by Gasteiger charge is 2.18. The molecule has 0 fully saturated rings. The third-order valence-corrected chi connectivity index (χ3v) is 3.48. The molecule has 1 N–H and O–H groups in total. The molecule has 0 radical (unpaired) electrons. The molecule has 0 saturated heterocycles. The van der Waals surface area contributed by atoms with Crippen LogP contribution in [-0.4, -0.2) is 30.1 Å². The summed E-state index contributed by atoms with van der Waals surface area (Å²) in [6.45, 7) is 6.64. The first-order valence-electron chi connectivity index (χ1n) is 6.93. The van der Waals surface area contributed by atoms with Gasteiger partial charge in [-0.1, -0.05) is 27.2 Å². The fourth-order valence-electron chi connectivity index (χ4n) is 2.41. The Morgan fingerprint density at radius 2 is 1.89 bits per heavy atom. The van der Waals surface area contributed by atoms with Gasteiger partial charge in [-0.2, -0.15) is 0 Å². The molecular formula is C14H26N4. The van der Waals surface area contributed by atoms with Crippen molar-refractivity contribution in [2.24, 2.45) is 0 Å². The smallest absolute Gasteiger partial charge is 0.137 e. The lowest BCUT2D eigenvalue weighted by atomic mass is 10.1. The highest BCUT2D eigenvalue weighted by atomic mass is 15.2. The summed E-state index contributed by atoms with van der Waals surface area (Å²) < 4.78 is 0. The highest BCUT2D eigenvalue weighted by molar-refractivity contribution is 5.58. The van der Waals surface area contributed by atoms with Gasteiger partial charge in [0.05, 0.1) is 0 Å². The molecule has 0 spiro atoms. The van der Waals surface area contributed by atoms with E-state index in [0.29, 0.717) is 6.04 Å². The fourth-order valence-corrected chi connectivity index (χ4v) is 2.41. The van der Waals surface area contributed by atoms with E-state index in [4.69, 9.17) is 0 Å². The molecular weight excluding hydrogens is 224 g/mol. The van der Waals surface area contributed by atoms with Crippen LogP contribution in [0.5, 0.6) is 0 Å². The van der Waals surface area contributed by atoms with Gasteiger partial charge in [0.1, 0.15) is 18.0 Å². The van der Waals surface area contributed by atoms with Crippen molar-refractivity contribution in [1.29, 1.82) is 0 Å². The van der Waals surface area contributed by atoms with Gasteiger partial charge >= 0.3 is 0 Å². The molecule has 18 heavy (non-hydrogen) atoms. The van der Waals surface area contributed by atoms with Crippen LogP contribution >= 0.6 is 0 Å². The van der Waals surface area contributed by atoms with Gasteiger partial charge in [-0.05, 0) is 19.3 Å². The van der Waals surface area contributed by atoms with E-state index in [9.17, 15) is 0 Å². The van der Waals surface area contributed by atoms with Gasteiger partial charge in [-0.25, -0.2) is 9.97 Å². The Hall–Kier alpha value is -1.32. The number of hydrogen-bond donors (Lipinski definition) is 1. The minimum Gasteiger partial charge on any atom is -0.373 e. The van der Waals surface area contributed by atoms with Gasteiger partial charge in [0, 0.05) is 25.7 Å². The topological polar surface area (TPSA) is 41.1 Å². The van der Waals surface area contributed by atoms with Gasteiger partial charge in [0.15, 0.2) is 0 Å². The van der Waals surface area contributed by atoms with E-state index in [0.717, 1.165) is 37.3 Å². The van der Waals surface area contributed by atoms with E-state index in [-0.39, 0.29) is 0 Å². The fraction of sp³-hybridized carbons (Fsp3) is 0.714. The van der Waals surface area contributed by atoms with Crippen LogP contribution in [0.3, 0.4) is 0 Å². The van der Waals surface area contributed by atoms with E-state index >= 15 is 0 Å². The zero-order chi connectivity index (χ0) is 13.5. The van der Waals surface area contributed by atoms with Crippen LogP contribution in [0.2, 0.25) is 0 Å². The van der Waals surface area contributed by atoms with Crippen molar-refractivity contribution >= 4 is 11.6 Å². The predicted molar refractivity (Wildman–Crippen MR) is 78.3 cm³/mol. The van der Waals surface area contributed by atoms with Crippen molar-refractivity contribution in [3.05, 3.63) is 11.9 Å². The first-order chi connectivity index (χ1) is 8.69. The Labute approximate surface area is 111 Å². The Bertz CT molecular complexity index is 361. The maximum Gasteiger partial charge on any atom is 0.137 e. The van der Waals surface area contributed by atoms with Gasteiger partial charge in [0.2, 0.25) is 0 Å². The molecule has 1 heterocycles. The highest BCUT2D eigenvalue weighted by Crippen LogP contribution is 2.26. The van der Waals surface area contributed by atoms with Crippen LogP contribution in [-0.2, 0) is 6.42 Å². The summed E-state index contributed by atoms with van der Waals surface area (Å²) in [7, 11) is 4.06. The summed E-state index contributed by atoms with van der Waals surface area (Å²) in [5, 5.41) is 3.17. The summed E-state index contributed by atoms with van der Waals surface area (Å²) >= 11 is 0. The number of nitrogens with one attached hydrogen (secondary N) is 1. The molecule has 0 bridgehead atoms. The van der Waals surface area contributed by atoms with Crippen molar-refractivity contribution in [1.82, 2.24) is 9.97 Å². The molecule has 0 atom stereocenters. The van der Waals surface area contributed by atoms with Crippen LogP contribution in [0.1, 0.15) is 45.6 Å². The molecule has 0 unspecified atom stereocenters. The molecule has 1 aromatic heterocycles. The summed E-state index contributed by atoms with van der Waals surface area (Å²) in [4.78, 5) is 11.1. The predicted octanol–water partition coefficient (Wildman–Crippen LogP) is 3.10. The minimum atomic E-state index is 0.542. The Balaban J connectivity index is 3.13. The van der Waals surface area contributed by atoms with Crippen molar-refractivity contribution in [2.75, 3.05) is 24.3 Å². The van der Waals surface area contributed by atoms with Crippen molar-refractivity contribution < 1.29 is 0 Å². The average Bonchev–Trinajstić information content (AvgIpc) is 2.40. The largest absolute Gasteiger partial charge is 0.373 e. The lowest BCUT2D eigenvalue weighted by Crippen LogP contribution is -2.32. The second-order valence-corrected chi connectivity index (χ2v) is 4.61. The summed E-state index contributed by atoms with van der Waals surface area (Å²) in [6.07, 6.45) is 6.04. The molecule has 0 saturated carbocycles. The van der Waals surface area contributed by atoms with Crippen LogP contribution < -0.4 is 10.2 Å². The SMILES string of the molecule is CCCc1c(NC)ncnc1N(C)C(CC)CC. The van der Waals surface area contributed by atoms with E-state index in [1.54, 1.807) is 6.33 Å². The molecule has 1 rings (SSSR count). The molecule has 1 aromatic rings. The van der Waals surface area contributed by atoms with Gasteiger partial charge in [-0.15, -0.1) is 0 Å². The Kier molecular flexibility index (Phi) is 5.89. The molecule has 0 amide bonds.